The fourth-order valence-corrected chi connectivity index (χ4v) is 5.96. The van der Waals surface area contributed by atoms with E-state index in [1.807, 2.05) is 6.20 Å². The Balaban J connectivity index is 1.08. The lowest BCUT2D eigenvalue weighted by atomic mass is 9.99. The molecule has 7 heteroatoms. The van der Waals surface area contributed by atoms with E-state index < -0.39 is 0 Å². The Morgan fingerprint density at radius 3 is 2.64 bits per heavy atom. The second-order valence-corrected chi connectivity index (χ2v) is 10.0. The number of rotatable bonds is 4. The largest absolute Gasteiger partial charge is 0.369 e. The molecule has 5 heterocycles. The van der Waals surface area contributed by atoms with Crippen molar-refractivity contribution in [3.05, 3.63) is 58.9 Å². The van der Waals surface area contributed by atoms with Crippen molar-refractivity contribution in [2.75, 3.05) is 47.8 Å². The molecule has 2 aromatic heterocycles. The van der Waals surface area contributed by atoms with E-state index in [-0.39, 0.29) is 11.9 Å². The third-order valence-electron chi connectivity index (χ3n) is 7.12. The molecule has 6 rings (SSSR count). The second kappa shape index (κ2) is 8.80. The molecule has 33 heavy (non-hydrogen) atoms. The maximum absolute atomic E-state index is 12.6. The van der Waals surface area contributed by atoms with Crippen molar-refractivity contribution in [3.63, 3.8) is 0 Å². The molecule has 0 spiro atoms. The number of fused-ring (bicyclic) bond motifs is 3. The Morgan fingerprint density at radius 2 is 1.85 bits per heavy atom. The fraction of sp³-hybridized carbons (Fsp3) is 0.385. The topological polar surface area (TPSA) is 51.7 Å². The van der Waals surface area contributed by atoms with Gasteiger partial charge in [-0.3, -0.25) is 9.69 Å². The maximum Gasteiger partial charge on any atom is 0.247 e. The number of aromatic nitrogens is 1. The number of pyridine rings is 1. The molecule has 1 aromatic carbocycles. The molecule has 2 fully saturated rings. The standard InChI is InChI=1S/C26H29N5OS/c32-26-24-3-1-2-9-31(24)25-23(28-26)15-19(16-27-25)17-29-10-12-30(13-11-29)22-6-4-20(5-7-22)21-8-14-33-18-21/h4-8,14-16,18,24H,1-3,9-13,17H2,(H,28,32). The minimum atomic E-state index is -0.0445. The summed E-state index contributed by atoms with van der Waals surface area (Å²) in [5.41, 5.74) is 5.91. The molecule has 0 bridgehead atoms. The average molecular weight is 460 g/mol. The summed E-state index contributed by atoms with van der Waals surface area (Å²) in [6.07, 6.45) is 5.17. The molecule has 0 aliphatic carbocycles. The highest BCUT2D eigenvalue weighted by atomic mass is 32.1. The predicted molar refractivity (Wildman–Crippen MR) is 135 cm³/mol. The molecular weight excluding hydrogens is 430 g/mol. The van der Waals surface area contributed by atoms with Gasteiger partial charge in [0.25, 0.3) is 0 Å². The van der Waals surface area contributed by atoms with Crippen LogP contribution >= 0.6 is 11.3 Å². The Labute approximate surface area is 198 Å². The van der Waals surface area contributed by atoms with Crippen LogP contribution in [0.2, 0.25) is 0 Å². The Morgan fingerprint density at radius 1 is 1.00 bits per heavy atom. The molecule has 1 unspecified atom stereocenters. The number of thiophene rings is 1. The number of benzene rings is 1. The zero-order chi connectivity index (χ0) is 22.2. The quantitative estimate of drug-likeness (QED) is 0.625. The number of nitrogens with zero attached hydrogens (tertiary/aromatic N) is 4. The van der Waals surface area contributed by atoms with E-state index in [9.17, 15) is 4.79 Å². The van der Waals surface area contributed by atoms with Crippen molar-refractivity contribution < 1.29 is 4.79 Å². The molecular formula is C26H29N5OS. The molecule has 3 aliphatic heterocycles. The van der Waals surface area contributed by atoms with E-state index in [0.717, 1.165) is 75.6 Å². The average Bonchev–Trinajstić information content (AvgIpc) is 3.40. The second-order valence-electron chi connectivity index (χ2n) is 9.23. The Bertz CT molecular complexity index is 1120. The van der Waals surface area contributed by atoms with Crippen molar-refractivity contribution >= 4 is 34.4 Å². The Hall–Kier alpha value is -2.90. The van der Waals surface area contributed by atoms with Crippen molar-refractivity contribution in [3.8, 4) is 11.1 Å². The summed E-state index contributed by atoms with van der Waals surface area (Å²) in [6.45, 7) is 5.86. The summed E-state index contributed by atoms with van der Waals surface area (Å²) in [7, 11) is 0. The van der Waals surface area contributed by atoms with Crippen molar-refractivity contribution in [2.24, 2.45) is 0 Å². The molecule has 1 N–H and O–H groups in total. The lowest BCUT2D eigenvalue weighted by Gasteiger charge is -2.40. The molecule has 170 valence electrons. The van der Waals surface area contributed by atoms with Gasteiger partial charge in [0.15, 0.2) is 5.82 Å². The van der Waals surface area contributed by atoms with Gasteiger partial charge < -0.3 is 15.1 Å². The van der Waals surface area contributed by atoms with Gasteiger partial charge in [0, 0.05) is 51.2 Å². The minimum absolute atomic E-state index is 0.0445. The summed E-state index contributed by atoms with van der Waals surface area (Å²) in [4.78, 5) is 24.5. The van der Waals surface area contributed by atoms with Crippen LogP contribution in [-0.2, 0) is 11.3 Å². The van der Waals surface area contributed by atoms with E-state index in [1.165, 1.54) is 16.8 Å². The van der Waals surface area contributed by atoms with E-state index in [0.29, 0.717) is 0 Å². The first kappa shape index (κ1) is 20.7. The number of nitrogens with one attached hydrogen (secondary N) is 1. The van der Waals surface area contributed by atoms with Gasteiger partial charge in [-0.2, -0.15) is 11.3 Å². The van der Waals surface area contributed by atoms with E-state index in [2.05, 4.69) is 67.2 Å². The summed E-state index contributed by atoms with van der Waals surface area (Å²) in [5, 5.41) is 7.43. The predicted octanol–water partition coefficient (Wildman–Crippen LogP) is 4.44. The van der Waals surface area contributed by atoms with Gasteiger partial charge >= 0.3 is 0 Å². The summed E-state index contributed by atoms with van der Waals surface area (Å²) in [6, 6.07) is 13.2. The number of carbonyl (C=O) groups is 1. The minimum Gasteiger partial charge on any atom is -0.369 e. The molecule has 3 aliphatic rings. The third kappa shape index (κ3) is 4.11. The van der Waals surface area contributed by atoms with Crippen LogP contribution in [0.3, 0.4) is 0 Å². The smallest absolute Gasteiger partial charge is 0.247 e. The number of piperidine rings is 1. The van der Waals surface area contributed by atoms with Crippen LogP contribution in [0.5, 0.6) is 0 Å². The molecule has 1 atom stereocenters. The van der Waals surface area contributed by atoms with Gasteiger partial charge in [0.1, 0.15) is 6.04 Å². The number of carbonyl (C=O) groups excluding carboxylic acids is 1. The Kier molecular flexibility index (Phi) is 5.52. The summed E-state index contributed by atoms with van der Waals surface area (Å²) < 4.78 is 0. The van der Waals surface area contributed by atoms with Crippen molar-refractivity contribution in [1.82, 2.24) is 9.88 Å². The van der Waals surface area contributed by atoms with Gasteiger partial charge in [0.05, 0.1) is 5.69 Å². The van der Waals surface area contributed by atoms with E-state index in [1.54, 1.807) is 11.3 Å². The summed E-state index contributed by atoms with van der Waals surface area (Å²) in [5.74, 6) is 1.07. The van der Waals surface area contributed by atoms with Crippen LogP contribution in [0.25, 0.3) is 11.1 Å². The lowest BCUT2D eigenvalue weighted by molar-refractivity contribution is -0.118. The van der Waals surface area contributed by atoms with Crippen LogP contribution in [0.1, 0.15) is 24.8 Å². The molecule has 3 aromatic rings. The van der Waals surface area contributed by atoms with Crippen LogP contribution in [0, 0.1) is 0 Å². The lowest BCUT2D eigenvalue weighted by Crippen LogP contribution is -2.51. The molecule has 0 radical (unpaired) electrons. The van der Waals surface area contributed by atoms with Crippen LogP contribution < -0.4 is 15.1 Å². The van der Waals surface area contributed by atoms with Crippen LogP contribution in [0.15, 0.2) is 53.4 Å². The molecule has 0 saturated carbocycles. The zero-order valence-electron chi connectivity index (χ0n) is 18.7. The van der Waals surface area contributed by atoms with Crippen molar-refractivity contribution in [2.45, 2.75) is 31.8 Å². The number of hydrogen-bond acceptors (Lipinski definition) is 6. The SMILES string of the molecule is O=C1Nc2cc(CN3CCN(c4ccc(-c5ccsc5)cc4)CC3)cnc2N2CCCCC12. The molecule has 6 nitrogen and oxygen atoms in total. The van der Waals surface area contributed by atoms with Crippen LogP contribution in [0.4, 0.5) is 17.2 Å². The monoisotopic (exact) mass is 459 g/mol. The molecule has 1 amide bonds. The first-order valence-corrected chi connectivity index (χ1v) is 12.9. The normalized spacial score (nSPS) is 20.8. The number of piperazine rings is 1. The molecule has 2 saturated heterocycles. The third-order valence-corrected chi connectivity index (χ3v) is 7.81. The fourth-order valence-electron chi connectivity index (χ4n) is 5.30. The van der Waals surface area contributed by atoms with E-state index >= 15 is 0 Å². The van der Waals surface area contributed by atoms with Gasteiger partial charge in [-0.15, -0.1) is 0 Å². The highest BCUT2D eigenvalue weighted by Crippen LogP contribution is 2.35. The maximum atomic E-state index is 12.6. The van der Waals surface area contributed by atoms with Gasteiger partial charge in [-0.05, 0) is 71.0 Å². The number of anilines is 3. The van der Waals surface area contributed by atoms with E-state index in [4.69, 9.17) is 4.98 Å². The van der Waals surface area contributed by atoms with Gasteiger partial charge in [0.2, 0.25) is 5.91 Å². The first-order chi connectivity index (χ1) is 16.2. The highest BCUT2D eigenvalue weighted by molar-refractivity contribution is 7.08. The number of amides is 1. The zero-order valence-corrected chi connectivity index (χ0v) is 19.6. The van der Waals surface area contributed by atoms with Gasteiger partial charge in [-0.25, -0.2) is 4.98 Å². The van der Waals surface area contributed by atoms with Gasteiger partial charge in [-0.1, -0.05) is 12.1 Å². The summed E-state index contributed by atoms with van der Waals surface area (Å²) >= 11 is 1.74. The van der Waals surface area contributed by atoms with Crippen LogP contribution in [-0.4, -0.2) is 54.6 Å². The van der Waals surface area contributed by atoms with Crippen molar-refractivity contribution in [1.29, 1.82) is 0 Å². The highest BCUT2D eigenvalue weighted by Gasteiger charge is 2.35. The first-order valence-electron chi connectivity index (χ1n) is 11.9. The number of hydrogen-bond donors (Lipinski definition) is 1.